The van der Waals surface area contributed by atoms with E-state index >= 15 is 0 Å². The highest BCUT2D eigenvalue weighted by Gasteiger charge is 2.00. The first-order valence-corrected chi connectivity index (χ1v) is 7.59. The molecule has 0 saturated carbocycles. The predicted octanol–water partition coefficient (Wildman–Crippen LogP) is 4.38. The van der Waals surface area contributed by atoms with Gasteiger partial charge in [-0.1, -0.05) is 47.1 Å². The lowest BCUT2D eigenvalue weighted by atomic mass is 10.2. The quantitative estimate of drug-likeness (QED) is 0.815. The van der Waals surface area contributed by atoms with Crippen LogP contribution in [0.25, 0.3) is 0 Å². The lowest BCUT2D eigenvalue weighted by Crippen LogP contribution is -2.02. The molecule has 2 rings (SSSR count). The molecular formula is C16H19BrN2O. The fraction of sp³-hybridized carbons (Fsp3) is 0.312. The van der Waals surface area contributed by atoms with E-state index in [1.807, 2.05) is 36.5 Å². The first-order valence-electron chi connectivity index (χ1n) is 6.79. The van der Waals surface area contributed by atoms with Crippen molar-refractivity contribution in [1.82, 2.24) is 4.98 Å². The molecule has 0 atom stereocenters. The van der Waals surface area contributed by atoms with Gasteiger partial charge in [0.1, 0.15) is 5.82 Å². The van der Waals surface area contributed by atoms with Crippen molar-refractivity contribution in [1.29, 1.82) is 0 Å². The molecule has 0 aliphatic rings. The number of halogens is 1. The highest BCUT2D eigenvalue weighted by molar-refractivity contribution is 9.10. The summed E-state index contributed by atoms with van der Waals surface area (Å²) in [6, 6.07) is 12.1. The summed E-state index contributed by atoms with van der Waals surface area (Å²) in [6.45, 7) is 4.25. The van der Waals surface area contributed by atoms with Gasteiger partial charge in [-0.3, -0.25) is 0 Å². The number of nitrogens with one attached hydrogen (secondary N) is 1. The van der Waals surface area contributed by atoms with E-state index in [2.05, 4.69) is 39.2 Å². The van der Waals surface area contributed by atoms with E-state index in [0.29, 0.717) is 13.2 Å². The molecule has 1 aromatic carbocycles. The highest BCUT2D eigenvalue weighted by Crippen LogP contribution is 2.17. The molecule has 3 nitrogen and oxygen atoms in total. The Balaban J connectivity index is 1.81. The Hall–Kier alpha value is -1.39. The van der Waals surface area contributed by atoms with Crippen molar-refractivity contribution in [2.45, 2.75) is 26.6 Å². The van der Waals surface area contributed by atoms with E-state index in [4.69, 9.17) is 4.74 Å². The van der Waals surface area contributed by atoms with Gasteiger partial charge in [0.25, 0.3) is 0 Å². The van der Waals surface area contributed by atoms with Gasteiger partial charge in [-0.15, -0.1) is 0 Å². The number of aromatic nitrogens is 1. The molecule has 0 amide bonds. The SMILES string of the molecule is CCCNc1ccc(COCc2ccccc2Br)cn1. The van der Waals surface area contributed by atoms with Crippen molar-refractivity contribution in [2.24, 2.45) is 0 Å². The minimum Gasteiger partial charge on any atom is -0.372 e. The fourth-order valence-corrected chi connectivity index (χ4v) is 2.16. The molecule has 1 N–H and O–H groups in total. The van der Waals surface area contributed by atoms with Gasteiger partial charge in [-0.2, -0.15) is 0 Å². The maximum absolute atomic E-state index is 5.72. The summed E-state index contributed by atoms with van der Waals surface area (Å²) in [4.78, 5) is 4.36. The number of pyridine rings is 1. The number of benzene rings is 1. The summed E-state index contributed by atoms with van der Waals surface area (Å²) >= 11 is 3.52. The van der Waals surface area contributed by atoms with Crippen LogP contribution in [-0.4, -0.2) is 11.5 Å². The third-order valence-electron chi connectivity index (χ3n) is 2.86. The molecule has 1 aromatic heterocycles. The van der Waals surface area contributed by atoms with Crippen LogP contribution >= 0.6 is 15.9 Å². The van der Waals surface area contributed by atoms with Crippen LogP contribution in [0.1, 0.15) is 24.5 Å². The number of ether oxygens (including phenoxy) is 1. The van der Waals surface area contributed by atoms with Gasteiger partial charge in [0.2, 0.25) is 0 Å². The van der Waals surface area contributed by atoms with Crippen LogP contribution in [0.2, 0.25) is 0 Å². The van der Waals surface area contributed by atoms with Gasteiger partial charge in [0.05, 0.1) is 13.2 Å². The Morgan fingerprint density at radius 2 is 2.00 bits per heavy atom. The van der Waals surface area contributed by atoms with Crippen molar-refractivity contribution < 1.29 is 4.74 Å². The van der Waals surface area contributed by atoms with Gasteiger partial charge in [-0.05, 0) is 29.7 Å². The summed E-state index contributed by atoms with van der Waals surface area (Å²) in [6.07, 6.45) is 2.95. The predicted molar refractivity (Wildman–Crippen MR) is 85.7 cm³/mol. The Labute approximate surface area is 128 Å². The largest absolute Gasteiger partial charge is 0.372 e. The zero-order valence-corrected chi connectivity index (χ0v) is 13.2. The fourth-order valence-electron chi connectivity index (χ4n) is 1.76. The first-order chi connectivity index (χ1) is 9.79. The molecule has 0 saturated heterocycles. The van der Waals surface area contributed by atoms with Crippen LogP contribution in [0.5, 0.6) is 0 Å². The van der Waals surface area contributed by atoms with E-state index < -0.39 is 0 Å². The Morgan fingerprint density at radius 3 is 2.70 bits per heavy atom. The smallest absolute Gasteiger partial charge is 0.125 e. The average Bonchev–Trinajstić information content (AvgIpc) is 2.48. The van der Waals surface area contributed by atoms with E-state index in [1.54, 1.807) is 0 Å². The number of anilines is 1. The Bertz CT molecular complexity index is 528. The van der Waals surface area contributed by atoms with E-state index in [1.165, 1.54) is 0 Å². The van der Waals surface area contributed by atoms with Crippen molar-refractivity contribution in [3.8, 4) is 0 Å². The van der Waals surface area contributed by atoms with Gasteiger partial charge >= 0.3 is 0 Å². The Morgan fingerprint density at radius 1 is 1.15 bits per heavy atom. The summed E-state index contributed by atoms with van der Waals surface area (Å²) in [5, 5.41) is 3.25. The van der Waals surface area contributed by atoms with Gasteiger partial charge in [-0.25, -0.2) is 4.98 Å². The molecule has 0 fully saturated rings. The van der Waals surface area contributed by atoms with Crippen LogP contribution in [0.15, 0.2) is 47.1 Å². The maximum atomic E-state index is 5.72. The second kappa shape index (κ2) is 8.02. The van der Waals surface area contributed by atoms with Crippen LogP contribution in [-0.2, 0) is 18.0 Å². The van der Waals surface area contributed by atoms with Crippen molar-refractivity contribution >= 4 is 21.7 Å². The highest BCUT2D eigenvalue weighted by atomic mass is 79.9. The standard InChI is InChI=1S/C16H19BrN2O/c1-2-9-18-16-8-7-13(10-19-16)11-20-12-14-5-3-4-6-15(14)17/h3-8,10H,2,9,11-12H2,1H3,(H,18,19). The molecule has 0 bridgehead atoms. The average molecular weight is 335 g/mol. The van der Waals surface area contributed by atoms with Gasteiger partial charge in [0, 0.05) is 17.2 Å². The number of hydrogen-bond donors (Lipinski definition) is 1. The van der Waals surface area contributed by atoms with Crippen LogP contribution < -0.4 is 5.32 Å². The van der Waals surface area contributed by atoms with Crippen LogP contribution in [0, 0.1) is 0 Å². The zero-order chi connectivity index (χ0) is 14.2. The summed E-state index contributed by atoms with van der Waals surface area (Å²) in [5.74, 6) is 0.918. The van der Waals surface area contributed by atoms with Gasteiger partial charge < -0.3 is 10.1 Å². The molecule has 0 unspecified atom stereocenters. The molecule has 4 heteroatoms. The van der Waals surface area contributed by atoms with Crippen LogP contribution in [0.4, 0.5) is 5.82 Å². The van der Waals surface area contributed by atoms with Crippen molar-refractivity contribution in [3.63, 3.8) is 0 Å². The van der Waals surface area contributed by atoms with E-state index in [-0.39, 0.29) is 0 Å². The lowest BCUT2D eigenvalue weighted by Gasteiger charge is -2.07. The monoisotopic (exact) mass is 334 g/mol. The topological polar surface area (TPSA) is 34.1 Å². The number of rotatable bonds is 7. The Kier molecular flexibility index (Phi) is 6.02. The van der Waals surface area contributed by atoms with E-state index in [0.717, 1.165) is 34.4 Å². The molecule has 0 radical (unpaired) electrons. The number of hydrogen-bond acceptors (Lipinski definition) is 3. The maximum Gasteiger partial charge on any atom is 0.125 e. The number of nitrogens with zero attached hydrogens (tertiary/aromatic N) is 1. The minimum atomic E-state index is 0.572. The summed E-state index contributed by atoms with van der Waals surface area (Å²) in [7, 11) is 0. The molecule has 0 aliphatic heterocycles. The second-order valence-electron chi connectivity index (χ2n) is 4.56. The molecule has 20 heavy (non-hydrogen) atoms. The molecule has 1 heterocycles. The molecule has 2 aromatic rings. The molecule has 0 spiro atoms. The molecule has 106 valence electrons. The van der Waals surface area contributed by atoms with Gasteiger partial charge in [0.15, 0.2) is 0 Å². The van der Waals surface area contributed by atoms with E-state index in [9.17, 15) is 0 Å². The molecular weight excluding hydrogens is 316 g/mol. The third kappa shape index (κ3) is 4.62. The third-order valence-corrected chi connectivity index (χ3v) is 3.64. The normalized spacial score (nSPS) is 10.5. The minimum absolute atomic E-state index is 0.572. The molecule has 0 aliphatic carbocycles. The first kappa shape index (κ1) is 15.0. The van der Waals surface area contributed by atoms with Crippen molar-refractivity contribution in [3.05, 3.63) is 58.2 Å². The lowest BCUT2D eigenvalue weighted by molar-refractivity contribution is 0.106. The van der Waals surface area contributed by atoms with Crippen molar-refractivity contribution in [2.75, 3.05) is 11.9 Å². The second-order valence-corrected chi connectivity index (χ2v) is 5.42. The zero-order valence-electron chi connectivity index (χ0n) is 11.6. The van der Waals surface area contributed by atoms with Crippen LogP contribution in [0.3, 0.4) is 0 Å². The summed E-state index contributed by atoms with van der Waals surface area (Å²) < 4.78 is 6.80. The summed E-state index contributed by atoms with van der Waals surface area (Å²) in [5.41, 5.74) is 2.24.